The molecule has 2 fully saturated rings. The summed E-state index contributed by atoms with van der Waals surface area (Å²) in [7, 11) is 0. The van der Waals surface area contributed by atoms with Gasteiger partial charge in [-0.15, -0.1) is 0 Å². The second-order valence-electron chi connectivity index (χ2n) is 7.24. The van der Waals surface area contributed by atoms with Crippen LogP contribution in [0.1, 0.15) is 77.0 Å². The molecule has 0 bridgehead atoms. The Balaban J connectivity index is 1.42. The van der Waals surface area contributed by atoms with Gasteiger partial charge in [0, 0.05) is 0 Å². The van der Waals surface area contributed by atoms with Crippen LogP contribution < -0.4 is 9.80 Å². The molecule has 2 heteroatoms. The summed E-state index contributed by atoms with van der Waals surface area (Å²) in [4.78, 5) is 3.81. The molecule has 2 aliphatic rings. The highest BCUT2D eigenvalue weighted by molar-refractivity contribution is 4.49. The molecule has 2 aliphatic heterocycles. The van der Waals surface area contributed by atoms with Gasteiger partial charge in [-0.3, -0.25) is 0 Å². The first kappa shape index (κ1) is 16.3. The van der Waals surface area contributed by atoms with Crippen molar-refractivity contribution in [2.24, 2.45) is 0 Å². The fourth-order valence-corrected chi connectivity index (χ4v) is 4.06. The third kappa shape index (κ3) is 7.08. The van der Waals surface area contributed by atoms with Crippen LogP contribution in [0.5, 0.6) is 0 Å². The molecule has 2 rings (SSSR count). The van der Waals surface area contributed by atoms with Crippen molar-refractivity contribution in [1.29, 1.82) is 0 Å². The molecule has 2 N–H and O–H groups in total. The lowest BCUT2D eigenvalue weighted by atomic mass is 10.1. The molecule has 2 nitrogen and oxygen atoms in total. The van der Waals surface area contributed by atoms with Crippen LogP contribution in [-0.4, -0.2) is 39.3 Å². The Morgan fingerprint density at radius 1 is 0.400 bits per heavy atom. The number of unbranched alkanes of at least 4 members (excludes halogenated alkanes) is 3. The second kappa shape index (κ2) is 10.6. The van der Waals surface area contributed by atoms with E-state index in [-0.39, 0.29) is 0 Å². The van der Waals surface area contributed by atoms with Gasteiger partial charge in [0.05, 0.1) is 39.3 Å². The minimum absolute atomic E-state index is 1.45. The van der Waals surface area contributed by atoms with E-state index < -0.39 is 0 Å². The largest absolute Gasteiger partial charge is 0.335 e. The van der Waals surface area contributed by atoms with E-state index in [0.29, 0.717) is 0 Å². The molecule has 20 heavy (non-hydrogen) atoms. The number of rotatable bonds is 7. The number of quaternary nitrogens is 2. The first-order valence-corrected chi connectivity index (χ1v) is 9.62. The topological polar surface area (TPSA) is 8.88 Å². The van der Waals surface area contributed by atoms with E-state index in [1.807, 2.05) is 9.80 Å². The minimum atomic E-state index is 1.45. The highest BCUT2D eigenvalue weighted by Gasteiger charge is 2.12. The van der Waals surface area contributed by atoms with E-state index in [4.69, 9.17) is 0 Å². The Labute approximate surface area is 126 Å². The lowest BCUT2D eigenvalue weighted by Gasteiger charge is -2.18. The Bertz CT molecular complexity index is 189. The predicted molar refractivity (Wildman–Crippen MR) is 86.5 cm³/mol. The van der Waals surface area contributed by atoms with Crippen LogP contribution >= 0.6 is 0 Å². The van der Waals surface area contributed by atoms with Crippen LogP contribution in [0.2, 0.25) is 0 Å². The van der Waals surface area contributed by atoms with Gasteiger partial charge in [-0.1, -0.05) is 0 Å². The van der Waals surface area contributed by atoms with Gasteiger partial charge in [0.25, 0.3) is 0 Å². The third-order valence-electron chi connectivity index (χ3n) is 5.43. The summed E-state index contributed by atoms with van der Waals surface area (Å²) >= 11 is 0. The van der Waals surface area contributed by atoms with Gasteiger partial charge in [0.2, 0.25) is 0 Å². The van der Waals surface area contributed by atoms with Crippen LogP contribution in [0.15, 0.2) is 0 Å². The first-order chi connectivity index (χ1) is 9.95. The maximum Gasteiger partial charge on any atom is 0.0770 e. The zero-order valence-electron chi connectivity index (χ0n) is 13.7. The van der Waals surface area contributed by atoms with E-state index in [2.05, 4.69) is 0 Å². The fraction of sp³-hybridized carbons (Fsp3) is 1.00. The third-order valence-corrected chi connectivity index (χ3v) is 5.43. The van der Waals surface area contributed by atoms with Gasteiger partial charge >= 0.3 is 0 Å². The fourth-order valence-electron chi connectivity index (χ4n) is 4.06. The van der Waals surface area contributed by atoms with E-state index in [1.54, 1.807) is 0 Å². The van der Waals surface area contributed by atoms with Gasteiger partial charge in [-0.05, 0) is 77.0 Å². The molecule has 118 valence electrons. The Kier molecular flexibility index (Phi) is 8.65. The van der Waals surface area contributed by atoms with E-state index in [9.17, 15) is 0 Å². The van der Waals surface area contributed by atoms with Crippen LogP contribution in [0.3, 0.4) is 0 Å². The molecule has 0 atom stereocenters. The van der Waals surface area contributed by atoms with Crippen molar-refractivity contribution >= 4 is 0 Å². The molecule has 0 aliphatic carbocycles. The quantitative estimate of drug-likeness (QED) is 0.654. The molecule has 2 heterocycles. The second-order valence-corrected chi connectivity index (χ2v) is 7.24. The monoisotopic (exact) mass is 282 g/mol. The highest BCUT2D eigenvalue weighted by Crippen LogP contribution is 2.02. The summed E-state index contributed by atoms with van der Waals surface area (Å²) in [6.45, 7) is 8.73. The maximum atomic E-state index is 1.90. The van der Waals surface area contributed by atoms with Gasteiger partial charge in [-0.2, -0.15) is 0 Å². The van der Waals surface area contributed by atoms with E-state index in [1.165, 1.54) is 116 Å². The molecule has 0 aromatic heterocycles. The van der Waals surface area contributed by atoms with Crippen molar-refractivity contribution in [1.82, 2.24) is 0 Å². The first-order valence-electron chi connectivity index (χ1n) is 9.62. The summed E-state index contributed by atoms with van der Waals surface area (Å²) in [6.07, 6.45) is 17.8. The number of hydrogen-bond donors (Lipinski definition) is 2. The van der Waals surface area contributed by atoms with Gasteiger partial charge < -0.3 is 9.80 Å². The molecule has 0 amide bonds. The van der Waals surface area contributed by atoms with Crippen LogP contribution in [0.4, 0.5) is 0 Å². The summed E-state index contributed by atoms with van der Waals surface area (Å²) in [5.41, 5.74) is 0. The highest BCUT2D eigenvalue weighted by atomic mass is 15.1. The Hall–Kier alpha value is -0.0800. The minimum Gasteiger partial charge on any atom is -0.335 e. The standard InChI is InChI=1S/C18H36N2/c1-2-8-14-19(13-7-1)17-11-5-6-12-18-20-15-9-3-4-10-16-20/h1-18H2/p+2. The van der Waals surface area contributed by atoms with Crippen molar-refractivity contribution in [2.45, 2.75) is 77.0 Å². The normalized spacial score (nSPS) is 23.4. The molecule has 2 saturated heterocycles. The van der Waals surface area contributed by atoms with Crippen molar-refractivity contribution < 1.29 is 9.80 Å². The zero-order valence-corrected chi connectivity index (χ0v) is 13.7. The lowest BCUT2D eigenvalue weighted by Crippen LogP contribution is -3.11. The Morgan fingerprint density at radius 2 is 0.750 bits per heavy atom. The summed E-state index contributed by atoms with van der Waals surface area (Å²) in [5.74, 6) is 0. The van der Waals surface area contributed by atoms with Crippen molar-refractivity contribution in [3.8, 4) is 0 Å². The van der Waals surface area contributed by atoms with Crippen LogP contribution in [0.25, 0.3) is 0 Å². The van der Waals surface area contributed by atoms with E-state index in [0.717, 1.165) is 0 Å². The zero-order chi connectivity index (χ0) is 13.9. The average Bonchev–Trinajstić information content (AvgIpc) is 2.87. The number of hydrogen-bond acceptors (Lipinski definition) is 0. The molecular formula is C18H38N2+2. The van der Waals surface area contributed by atoms with Crippen LogP contribution in [0, 0.1) is 0 Å². The molecule has 0 saturated carbocycles. The van der Waals surface area contributed by atoms with Crippen molar-refractivity contribution in [3.05, 3.63) is 0 Å². The molecular weight excluding hydrogens is 244 g/mol. The van der Waals surface area contributed by atoms with E-state index >= 15 is 0 Å². The molecule has 0 radical (unpaired) electrons. The van der Waals surface area contributed by atoms with Gasteiger partial charge in [0.1, 0.15) is 0 Å². The molecule has 0 unspecified atom stereocenters. The van der Waals surface area contributed by atoms with Crippen LogP contribution in [-0.2, 0) is 0 Å². The molecule has 0 spiro atoms. The number of likely N-dealkylation sites (tertiary alicyclic amines) is 2. The molecule has 0 aromatic rings. The smallest absolute Gasteiger partial charge is 0.0770 e. The van der Waals surface area contributed by atoms with Gasteiger partial charge in [-0.25, -0.2) is 0 Å². The summed E-state index contributed by atoms with van der Waals surface area (Å²) < 4.78 is 0. The average molecular weight is 283 g/mol. The molecule has 0 aromatic carbocycles. The SMILES string of the molecule is C1CCC[NH+](CCCCCC[NH+]2CCCCCC2)CC1. The van der Waals surface area contributed by atoms with Crippen molar-refractivity contribution in [2.75, 3.05) is 39.3 Å². The van der Waals surface area contributed by atoms with Gasteiger partial charge in [0.15, 0.2) is 0 Å². The Morgan fingerprint density at radius 3 is 1.10 bits per heavy atom. The summed E-state index contributed by atoms with van der Waals surface area (Å²) in [6, 6.07) is 0. The number of nitrogens with one attached hydrogen (secondary N) is 2. The summed E-state index contributed by atoms with van der Waals surface area (Å²) in [5, 5.41) is 0. The lowest BCUT2D eigenvalue weighted by molar-refractivity contribution is -0.900. The predicted octanol–water partition coefficient (Wildman–Crippen LogP) is 1.46. The maximum absolute atomic E-state index is 1.90. The van der Waals surface area contributed by atoms with Crippen molar-refractivity contribution in [3.63, 3.8) is 0 Å².